The van der Waals surface area contributed by atoms with Crippen molar-refractivity contribution >= 4 is 16.8 Å². The lowest BCUT2D eigenvalue weighted by atomic mass is 10.2. The summed E-state index contributed by atoms with van der Waals surface area (Å²) in [4.78, 5) is 14.1. The molecule has 2 heterocycles. The molecule has 0 saturated heterocycles. The van der Waals surface area contributed by atoms with Crippen LogP contribution in [0.5, 0.6) is 0 Å². The second-order valence-corrected chi connectivity index (χ2v) is 5.38. The van der Waals surface area contributed by atoms with Crippen molar-refractivity contribution in [3.63, 3.8) is 0 Å². The van der Waals surface area contributed by atoms with Gasteiger partial charge in [-0.15, -0.1) is 0 Å². The van der Waals surface area contributed by atoms with Gasteiger partial charge in [0.05, 0.1) is 6.54 Å². The summed E-state index contributed by atoms with van der Waals surface area (Å²) in [6.45, 7) is 2.58. The van der Waals surface area contributed by atoms with Crippen LogP contribution in [-0.2, 0) is 17.9 Å². The van der Waals surface area contributed by atoms with Crippen LogP contribution in [0.1, 0.15) is 18.5 Å². The summed E-state index contributed by atoms with van der Waals surface area (Å²) < 4.78 is 2.35. The van der Waals surface area contributed by atoms with E-state index in [9.17, 15) is 4.79 Å². The summed E-state index contributed by atoms with van der Waals surface area (Å²) in [6.07, 6.45) is 2.19. The summed E-state index contributed by atoms with van der Waals surface area (Å²) in [6, 6.07) is 10.7. The summed E-state index contributed by atoms with van der Waals surface area (Å²) in [7, 11) is 0. The molecule has 1 aromatic heterocycles. The fourth-order valence-corrected chi connectivity index (χ4v) is 2.93. The van der Waals surface area contributed by atoms with Crippen molar-refractivity contribution in [3.05, 3.63) is 36.0 Å². The zero-order valence-corrected chi connectivity index (χ0v) is 10.3. The molecule has 1 aliphatic heterocycles. The average Bonchev–Trinajstić information content (AvgIpc) is 3.18. The molecule has 4 rings (SSSR count). The highest BCUT2D eigenvalue weighted by molar-refractivity contribution is 5.83. The van der Waals surface area contributed by atoms with E-state index in [1.807, 2.05) is 4.90 Å². The van der Waals surface area contributed by atoms with Crippen molar-refractivity contribution in [1.82, 2.24) is 9.47 Å². The number of carbonyl (C=O) groups excluding carboxylic acids is 1. The first kappa shape index (κ1) is 10.2. The number of fused-ring (bicyclic) bond motifs is 3. The highest BCUT2D eigenvalue weighted by atomic mass is 16.2. The second kappa shape index (κ2) is 3.61. The van der Waals surface area contributed by atoms with Gasteiger partial charge in [0, 0.05) is 30.2 Å². The van der Waals surface area contributed by atoms with E-state index in [0.717, 1.165) is 32.5 Å². The van der Waals surface area contributed by atoms with Gasteiger partial charge in [-0.2, -0.15) is 0 Å². The first-order valence-corrected chi connectivity index (χ1v) is 6.69. The van der Waals surface area contributed by atoms with Crippen molar-refractivity contribution in [2.75, 3.05) is 6.54 Å². The smallest absolute Gasteiger partial charge is 0.226 e. The minimum atomic E-state index is 0.334. The third-order valence-electron chi connectivity index (χ3n) is 4.08. The molecular formula is C15H16N2O. The Morgan fingerprint density at radius 2 is 2.00 bits per heavy atom. The predicted molar refractivity (Wildman–Crippen MR) is 70.1 cm³/mol. The monoisotopic (exact) mass is 240 g/mol. The van der Waals surface area contributed by atoms with Crippen molar-refractivity contribution in [2.45, 2.75) is 25.9 Å². The molecular weight excluding hydrogens is 224 g/mol. The zero-order valence-electron chi connectivity index (χ0n) is 10.3. The summed E-state index contributed by atoms with van der Waals surface area (Å²) in [5.41, 5.74) is 2.57. The van der Waals surface area contributed by atoms with E-state index in [2.05, 4.69) is 34.9 Å². The van der Waals surface area contributed by atoms with E-state index in [4.69, 9.17) is 0 Å². The van der Waals surface area contributed by atoms with Crippen LogP contribution in [0.25, 0.3) is 10.9 Å². The minimum Gasteiger partial charge on any atom is -0.341 e. The Kier molecular flexibility index (Phi) is 2.04. The van der Waals surface area contributed by atoms with E-state index >= 15 is 0 Å². The van der Waals surface area contributed by atoms with Crippen LogP contribution in [-0.4, -0.2) is 21.9 Å². The van der Waals surface area contributed by atoms with Gasteiger partial charge < -0.3 is 9.47 Å². The number of rotatable bonds is 1. The van der Waals surface area contributed by atoms with Gasteiger partial charge in [-0.3, -0.25) is 4.79 Å². The molecule has 3 heteroatoms. The topological polar surface area (TPSA) is 25.2 Å². The molecule has 1 fully saturated rings. The van der Waals surface area contributed by atoms with E-state index in [1.165, 1.54) is 16.6 Å². The number of para-hydroxylation sites is 1. The molecule has 0 N–H and O–H groups in total. The third kappa shape index (κ3) is 1.47. The molecule has 1 amide bonds. The summed E-state index contributed by atoms with van der Waals surface area (Å²) >= 11 is 0. The van der Waals surface area contributed by atoms with Gasteiger partial charge in [0.25, 0.3) is 0 Å². The molecule has 92 valence electrons. The van der Waals surface area contributed by atoms with Crippen LogP contribution in [0.2, 0.25) is 0 Å². The lowest BCUT2D eigenvalue weighted by Gasteiger charge is -2.29. The molecule has 2 aliphatic rings. The van der Waals surface area contributed by atoms with Crippen molar-refractivity contribution < 1.29 is 4.79 Å². The Hall–Kier alpha value is -1.77. The van der Waals surface area contributed by atoms with Crippen LogP contribution in [0.4, 0.5) is 0 Å². The first-order chi connectivity index (χ1) is 8.83. The summed E-state index contributed by atoms with van der Waals surface area (Å²) in [5, 5.41) is 1.29. The lowest BCUT2D eigenvalue weighted by molar-refractivity contribution is -0.133. The number of benzene rings is 1. The van der Waals surface area contributed by atoms with E-state index in [1.54, 1.807) is 0 Å². The van der Waals surface area contributed by atoms with Crippen LogP contribution >= 0.6 is 0 Å². The molecule has 0 radical (unpaired) electrons. The molecule has 0 unspecified atom stereocenters. The normalized spacial score (nSPS) is 19.0. The molecule has 0 atom stereocenters. The van der Waals surface area contributed by atoms with Gasteiger partial charge >= 0.3 is 0 Å². The second-order valence-electron chi connectivity index (χ2n) is 5.38. The number of nitrogens with zero attached hydrogens (tertiary/aromatic N) is 2. The number of hydrogen-bond donors (Lipinski definition) is 0. The van der Waals surface area contributed by atoms with Crippen LogP contribution in [0.3, 0.4) is 0 Å². The average molecular weight is 240 g/mol. The largest absolute Gasteiger partial charge is 0.341 e. The highest BCUT2D eigenvalue weighted by Crippen LogP contribution is 2.33. The number of aromatic nitrogens is 1. The molecule has 3 nitrogen and oxygen atoms in total. The van der Waals surface area contributed by atoms with Gasteiger partial charge in [-0.1, -0.05) is 18.2 Å². The lowest BCUT2D eigenvalue weighted by Crippen LogP contribution is -2.38. The quantitative estimate of drug-likeness (QED) is 0.751. The van der Waals surface area contributed by atoms with Gasteiger partial charge in [0.2, 0.25) is 5.91 Å². The molecule has 0 spiro atoms. The fourth-order valence-electron chi connectivity index (χ4n) is 2.93. The predicted octanol–water partition coefficient (Wildman–Crippen LogP) is 2.39. The van der Waals surface area contributed by atoms with Gasteiger partial charge in [-0.05, 0) is 30.4 Å². The first-order valence-electron chi connectivity index (χ1n) is 6.69. The Morgan fingerprint density at radius 3 is 2.83 bits per heavy atom. The van der Waals surface area contributed by atoms with Crippen LogP contribution < -0.4 is 0 Å². The van der Waals surface area contributed by atoms with Gasteiger partial charge in [0.15, 0.2) is 0 Å². The van der Waals surface area contributed by atoms with Crippen molar-refractivity contribution in [1.29, 1.82) is 0 Å². The maximum Gasteiger partial charge on any atom is 0.226 e. The molecule has 2 aromatic rings. The fraction of sp³-hybridized carbons (Fsp3) is 0.400. The Morgan fingerprint density at radius 1 is 1.17 bits per heavy atom. The number of amides is 1. The van der Waals surface area contributed by atoms with Crippen molar-refractivity contribution in [3.8, 4) is 0 Å². The zero-order chi connectivity index (χ0) is 12.1. The highest BCUT2D eigenvalue weighted by Gasteiger charge is 2.34. The molecule has 1 aromatic carbocycles. The van der Waals surface area contributed by atoms with Gasteiger partial charge in [0.1, 0.15) is 0 Å². The Balaban J connectivity index is 1.70. The molecule has 0 bridgehead atoms. The third-order valence-corrected chi connectivity index (χ3v) is 4.08. The van der Waals surface area contributed by atoms with Crippen molar-refractivity contribution in [2.24, 2.45) is 5.92 Å². The van der Waals surface area contributed by atoms with Gasteiger partial charge in [-0.25, -0.2) is 0 Å². The minimum absolute atomic E-state index is 0.334. The molecule has 1 saturated carbocycles. The SMILES string of the molecule is O=C(C1CC1)N1CCn2c(cc3ccccc32)C1. The van der Waals surface area contributed by atoms with Crippen LogP contribution in [0, 0.1) is 5.92 Å². The standard InChI is InChI=1S/C15H16N2O/c18-15(11-5-6-11)16-7-8-17-13(10-16)9-12-3-1-2-4-14(12)17/h1-4,9,11H,5-8,10H2. The van der Waals surface area contributed by atoms with E-state index in [0.29, 0.717) is 11.8 Å². The molecule has 18 heavy (non-hydrogen) atoms. The number of carbonyl (C=O) groups is 1. The van der Waals surface area contributed by atoms with E-state index < -0.39 is 0 Å². The maximum atomic E-state index is 12.1. The van der Waals surface area contributed by atoms with Crippen LogP contribution in [0.15, 0.2) is 30.3 Å². The Labute approximate surface area is 106 Å². The maximum absolute atomic E-state index is 12.1. The molecule has 1 aliphatic carbocycles. The summed E-state index contributed by atoms with van der Waals surface area (Å²) in [5.74, 6) is 0.701. The number of hydrogen-bond acceptors (Lipinski definition) is 1. The Bertz CT molecular complexity index is 624. The van der Waals surface area contributed by atoms with E-state index in [-0.39, 0.29) is 0 Å².